The fourth-order valence-corrected chi connectivity index (χ4v) is 2.09. The van der Waals surface area contributed by atoms with Crippen LogP contribution in [0.3, 0.4) is 0 Å². The van der Waals surface area contributed by atoms with E-state index in [4.69, 9.17) is 0 Å². The predicted octanol–water partition coefficient (Wildman–Crippen LogP) is 1.47. The standard InChI is InChI=1S/C13H16N4O/c1-14-12-8-10(4-5-15-12)9-16-6-7-17(13(16)18)11-2-3-11/h4-8,11H,2-3,9H2,1H3,(H,14,15). The zero-order chi connectivity index (χ0) is 12.5. The molecule has 1 aliphatic carbocycles. The Morgan fingerprint density at radius 2 is 2.28 bits per heavy atom. The molecular formula is C13H16N4O. The number of rotatable bonds is 4. The Labute approximate surface area is 105 Å². The van der Waals surface area contributed by atoms with Gasteiger partial charge < -0.3 is 5.32 Å². The summed E-state index contributed by atoms with van der Waals surface area (Å²) in [5.41, 5.74) is 1.16. The van der Waals surface area contributed by atoms with Crippen LogP contribution in [0.25, 0.3) is 0 Å². The summed E-state index contributed by atoms with van der Waals surface area (Å²) in [5, 5.41) is 3.00. The Kier molecular flexibility index (Phi) is 2.66. The van der Waals surface area contributed by atoms with Crippen LogP contribution in [0.5, 0.6) is 0 Å². The van der Waals surface area contributed by atoms with Crippen molar-refractivity contribution >= 4 is 5.82 Å². The quantitative estimate of drug-likeness (QED) is 0.886. The first-order valence-electron chi connectivity index (χ1n) is 6.18. The third-order valence-electron chi connectivity index (χ3n) is 3.25. The van der Waals surface area contributed by atoms with Crippen molar-refractivity contribution in [2.75, 3.05) is 12.4 Å². The van der Waals surface area contributed by atoms with Gasteiger partial charge in [-0.05, 0) is 30.5 Å². The average Bonchev–Trinajstić information content (AvgIpc) is 3.17. The van der Waals surface area contributed by atoms with E-state index in [1.54, 1.807) is 10.8 Å². The van der Waals surface area contributed by atoms with Gasteiger partial charge in [0.1, 0.15) is 5.82 Å². The van der Waals surface area contributed by atoms with E-state index in [-0.39, 0.29) is 5.69 Å². The molecule has 1 N–H and O–H groups in total. The fraction of sp³-hybridized carbons (Fsp3) is 0.385. The molecule has 0 aliphatic heterocycles. The summed E-state index contributed by atoms with van der Waals surface area (Å²) in [7, 11) is 1.84. The Morgan fingerprint density at radius 3 is 3.00 bits per heavy atom. The topological polar surface area (TPSA) is 51.9 Å². The van der Waals surface area contributed by atoms with Gasteiger partial charge in [-0.3, -0.25) is 9.13 Å². The number of anilines is 1. The molecule has 1 aliphatic rings. The van der Waals surface area contributed by atoms with Crippen molar-refractivity contribution in [3.63, 3.8) is 0 Å². The fourth-order valence-electron chi connectivity index (χ4n) is 2.09. The van der Waals surface area contributed by atoms with Crippen molar-refractivity contribution in [1.29, 1.82) is 0 Å². The summed E-state index contributed by atoms with van der Waals surface area (Å²) >= 11 is 0. The number of hydrogen-bond donors (Lipinski definition) is 1. The summed E-state index contributed by atoms with van der Waals surface area (Å²) in [4.78, 5) is 16.3. The van der Waals surface area contributed by atoms with Crippen LogP contribution >= 0.6 is 0 Å². The molecule has 1 fully saturated rings. The molecule has 0 bridgehead atoms. The molecule has 94 valence electrons. The molecule has 1 saturated carbocycles. The van der Waals surface area contributed by atoms with Gasteiger partial charge in [0.2, 0.25) is 0 Å². The van der Waals surface area contributed by atoms with E-state index in [2.05, 4.69) is 10.3 Å². The highest BCUT2D eigenvalue weighted by molar-refractivity contribution is 5.36. The number of pyridine rings is 1. The average molecular weight is 244 g/mol. The van der Waals surface area contributed by atoms with Crippen LogP contribution in [-0.2, 0) is 6.54 Å². The van der Waals surface area contributed by atoms with Gasteiger partial charge in [-0.1, -0.05) is 0 Å². The number of imidazole rings is 1. The van der Waals surface area contributed by atoms with Crippen molar-refractivity contribution in [3.05, 3.63) is 46.8 Å². The number of nitrogens with zero attached hydrogens (tertiary/aromatic N) is 3. The molecule has 0 unspecified atom stereocenters. The van der Waals surface area contributed by atoms with Crippen LogP contribution < -0.4 is 11.0 Å². The third-order valence-corrected chi connectivity index (χ3v) is 3.25. The lowest BCUT2D eigenvalue weighted by molar-refractivity contribution is 0.656. The Morgan fingerprint density at radius 1 is 1.44 bits per heavy atom. The second-order valence-electron chi connectivity index (χ2n) is 4.65. The lowest BCUT2D eigenvalue weighted by Gasteiger charge is -2.04. The Balaban J connectivity index is 1.85. The lowest BCUT2D eigenvalue weighted by atomic mass is 10.2. The van der Waals surface area contributed by atoms with E-state index < -0.39 is 0 Å². The summed E-state index contributed by atoms with van der Waals surface area (Å²) in [5.74, 6) is 0.821. The summed E-state index contributed by atoms with van der Waals surface area (Å²) < 4.78 is 3.58. The Bertz CT molecular complexity index is 609. The molecular weight excluding hydrogens is 228 g/mol. The van der Waals surface area contributed by atoms with E-state index in [0.717, 1.165) is 24.2 Å². The van der Waals surface area contributed by atoms with E-state index in [0.29, 0.717) is 12.6 Å². The lowest BCUT2D eigenvalue weighted by Crippen LogP contribution is -2.23. The summed E-state index contributed by atoms with van der Waals surface area (Å²) in [6, 6.07) is 4.33. The zero-order valence-corrected chi connectivity index (χ0v) is 10.3. The number of nitrogens with one attached hydrogen (secondary N) is 1. The van der Waals surface area contributed by atoms with Crippen molar-refractivity contribution in [1.82, 2.24) is 14.1 Å². The largest absolute Gasteiger partial charge is 0.373 e. The van der Waals surface area contributed by atoms with Crippen molar-refractivity contribution in [2.45, 2.75) is 25.4 Å². The van der Waals surface area contributed by atoms with Gasteiger partial charge in [0.15, 0.2) is 0 Å². The van der Waals surface area contributed by atoms with Crippen molar-refractivity contribution < 1.29 is 0 Å². The molecule has 0 saturated heterocycles. The smallest absolute Gasteiger partial charge is 0.328 e. The summed E-state index contributed by atoms with van der Waals surface area (Å²) in [6.07, 6.45) is 7.76. The highest BCUT2D eigenvalue weighted by Crippen LogP contribution is 2.33. The molecule has 0 aromatic carbocycles. The molecule has 2 heterocycles. The monoisotopic (exact) mass is 244 g/mol. The molecule has 5 nitrogen and oxygen atoms in total. The minimum atomic E-state index is 0.0836. The minimum absolute atomic E-state index is 0.0836. The maximum absolute atomic E-state index is 12.1. The molecule has 5 heteroatoms. The van der Waals surface area contributed by atoms with E-state index in [9.17, 15) is 4.79 Å². The van der Waals surface area contributed by atoms with Gasteiger partial charge in [-0.2, -0.15) is 0 Å². The van der Waals surface area contributed by atoms with E-state index in [1.807, 2.05) is 36.1 Å². The van der Waals surface area contributed by atoms with Gasteiger partial charge in [-0.25, -0.2) is 9.78 Å². The number of aromatic nitrogens is 3. The molecule has 0 atom stereocenters. The van der Waals surface area contributed by atoms with Gasteiger partial charge in [-0.15, -0.1) is 0 Å². The van der Waals surface area contributed by atoms with Crippen LogP contribution in [0, 0.1) is 0 Å². The van der Waals surface area contributed by atoms with E-state index in [1.165, 1.54) is 0 Å². The van der Waals surface area contributed by atoms with E-state index >= 15 is 0 Å². The molecule has 0 amide bonds. The normalized spacial score (nSPS) is 14.7. The van der Waals surface area contributed by atoms with Crippen LogP contribution in [-0.4, -0.2) is 21.2 Å². The molecule has 2 aromatic rings. The Hall–Kier alpha value is -2.04. The highest BCUT2D eigenvalue weighted by Gasteiger charge is 2.25. The first-order chi connectivity index (χ1) is 8.78. The van der Waals surface area contributed by atoms with Gasteiger partial charge in [0, 0.05) is 31.7 Å². The molecule has 0 radical (unpaired) electrons. The first-order valence-corrected chi connectivity index (χ1v) is 6.18. The molecule has 18 heavy (non-hydrogen) atoms. The van der Waals surface area contributed by atoms with Crippen molar-refractivity contribution in [3.8, 4) is 0 Å². The van der Waals surface area contributed by atoms with Gasteiger partial charge in [0.25, 0.3) is 0 Å². The van der Waals surface area contributed by atoms with Gasteiger partial charge in [0.05, 0.1) is 6.54 Å². The van der Waals surface area contributed by atoms with Crippen LogP contribution in [0.2, 0.25) is 0 Å². The van der Waals surface area contributed by atoms with Crippen LogP contribution in [0.15, 0.2) is 35.5 Å². The molecule has 0 spiro atoms. The predicted molar refractivity (Wildman–Crippen MR) is 69.8 cm³/mol. The zero-order valence-electron chi connectivity index (χ0n) is 10.3. The second-order valence-corrected chi connectivity index (χ2v) is 4.65. The SMILES string of the molecule is CNc1cc(Cn2ccn(C3CC3)c2=O)ccn1. The van der Waals surface area contributed by atoms with Crippen LogP contribution in [0.4, 0.5) is 5.82 Å². The summed E-state index contributed by atoms with van der Waals surface area (Å²) in [6.45, 7) is 0.593. The minimum Gasteiger partial charge on any atom is -0.373 e. The van der Waals surface area contributed by atoms with Crippen molar-refractivity contribution in [2.24, 2.45) is 0 Å². The third kappa shape index (κ3) is 2.03. The maximum Gasteiger partial charge on any atom is 0.328 e. The highest BCUT2D eigenvalue weighted by atomic mass is 16.1. The molecule has 2 aromatic heterocycles. The number of hydrogen-bond acceptors (Lipinski definition) is 3. The maximum atomic E-state index is 12.1. The van der Waals surface area contributed by atoms with Crippen LogP contribution in [0.1, 0.15) is 24.4 Å². The second kappa shape index (κ2) is 4.33. The first kappa shape index (κ1) is 11.1. The molecule has 3 rings (SSSR count). The van der Waals surface area contributed by atoms with Gasteiger partial charge >= 0.3 is 5.69 Å².